The smallest absolute Gasteiger partial charge is 0.276 e. The summed E-state index contributed by atoms with van der Waals surface area (Å²) in [7, 11) is 3.46. The molecule has 0 aliphatic carbocycles. The number of nitrogens with zero attached hydrogens (tertiary/aromatic N) is 4. The van der Waals surface area contributed by atoms with Gasteiger partial charge in [-0.1, -0.05) is 11.2 Å². The van der Waals surface area contributed by atoms with Crippen molar-refractivity contribution in [3.05, 3.63) is 88.9 Å². The lowest BCUT2D eigenvalue weighted by Gasteiger charge is -2.39. The molecule has 2 atom stereocenters. The van der Waals surface area contributed by atoms with Gasteiger partial charge in [0, 0.05) is 37.8 Å². The Balaban J connectivity index is 1.51. The predicted molar refractivity (Wildman–Crippen MR) is 119 cm³/mol. The van der Waals surface area contributed by atoms with Crippen molar-refractivity contribution in [2.75, 3.05) is 13.7 Å². The summed E-state index contributed by atoms with van der Waals surface area (Å²) in [6.45, 7) is 2.34. The first-order valence-electron chi connectivity index (χ1n) is 10.7. The summed E-state index contributed by atoms with van der Waals surface area (Å²) in [6.07, 6.45) is 3.72. The fraction of sp³-hybridized carbons (Fsp3) is 0.240. The van der Waals surface area contributed by atoms with Crippen LogP contribution in [0.4, 0.5) is 8.78 Å². The lowest BCUT2D eigenvalue weighted by Crippen LogP contribution is -2.41. The van der Waals surface area contributed by atoms with Crippen LogP contribution in [0.25, 0.3) is 11.3 Å². The van der Waals surface area contributed by atoms with Crippen LogP contribution in [0.3, 0.4) is 0 Å². The van der Waals surface area contributed by atoms with E-state index in [0.717, 1.165) is 34.6 Å². The molecule has 2 aromatic carbocycles. The lowest BCUT2D eigenvalue weighted by atomic mass is 9.82. The number of benzene rings is 2. The molecule has 0 bridgehead atoms. The second-order valence-corrected chi connectivity index (χ2v) is 8.33. The van der Waals surface area contributed by atoms with Crippen molar-refractivity contribution >= 4 is 5.91 Å². The Morgan fingerprint density at radius 3 is 2.68 bits per heavy atom. The molecule has 3 heterocycles. The molecule has 0 unspecified atom stereocenters. The van der Waals surface area contributed by atoms with Crippen LogP contribution in [0.2, 0.25) is 0 Å². The van der Waals surface area contributed by atoms with E-state index in [2.05, 4.69) is 10.3 Å². The van der Waals surface area contributed by atoms with Gasteiger partial charge in [-0.3, -0.25) is 9.48 Å². The molecular formula is C25H22F2N4O3. The number of carbonyl (C=O) groups excluding carboxylic acids is 1. The zero-order valence-electron chi connectivity index (χ0n) is 18.8. The monoisotopic (exact) mass is 464 g/mol. The molecule has 5 rings (SSSR count). The fourth-order valence-corrected chi connectivity index (χ4v) is 4.49. The molecule has 1 aliphatic rings. The van der Waals surface area contributed by atoms with E-state index in [1.54, 1.807) is 22.9 Å². The molecule has 0 fully saturated rings. The number of methoxy groups -OCH3 is 1. The molecular weight excluding hydrogens is 442 g/mol. The van der Waals surface area contributed by atoms with E-state index in [1.807, 2.05) is 38.4 Å². The molecule has 0 radical (unpaired) electrons. The first kappa shape index (κ1) is 21.8. The number of halogens is 2. The van der Waals surface area contributed by atoms with E-state index in [9.17, 15) is 13.6 Å². The molecule has 1 amide bonds. The third-order valence-electron chi connectivity index (χ3n) is 6.28. The molecule has 4 aromatic rings. The van der Waals surface area contributed by atoms with Crippen LogP contribution in [0.5, 0.6) is 5.75 Å². The summed E-state index contributed by atoms with van der Waals surface area (Å²) in [6, 6.07) is 10.1. The van der Waals surface area contributed by atoms with E-state index in [-0.39, 0.29) is 34.9 Å². The van der Waals surface area contributed by atoms with Gasteiger partial charge in [0.25, 0.3) is 5.91 Å². The maximum absolute atomic E-state index is 14.2. The topological polar surface area (TPSA) is 73.4 Å². The number of fused-ring (bicyclic) bond motifs is 1. The van der Waals surface area contributed by atoms with Crippen molar-refractivity contribution in [2.45, 2.75) is 18.9 Å². The SMILES string of the molecule is COc1ccc2c(c1)[C@@H](c1cnn(C)c1)CN(C(=O)c1cc(-c3ccc(F)cc3F)on1)[C@@H]2C. The Morgan fingerprint density at radius 2 is 1.97 bits per heavy atom. The molecule has 0 spiro atoms. The number of carbonyl (C=O) groups is 1. The van der Waals surface area contributed by atoms with Crippen LogP contribution in [0.1, 0.15) is 46.1 Å². The Bertz CT molecular complexity index is 1380. The molecule has 34 heavy (non-hydrogen) atoms. The number of amides is 1. The average Bonchev–Trinajstić information content (AvgIpc) is 3.48. The minimum Gasteiger partial charge on any atom is -0.497 e. The predicted octanol–water partition coefficient (Wildman–Crippen LogP) is 4.71. The number of aromatic nitrogens is 3. The van der Waals surface area contributed by atoms with Gasteiger partial charge in [-0.25, -0.2) is 8.78 Å². The highest BCUT2D eigenvalue weighted by Crippen LogP contribution is 2.41. The standard InChI is InChI=1S/C25H22F2N4O3/c1-14-18-7-5-17(33-3)9-20(18)21(15-11-28-30(2)12-15)13-31(14)25(32)23-10-24(34-29-23)19-6-4-16(26)8-22(19)27/h4-12,14,21H,13H2,1-3H3/t14-,21-/m1/s1. The largest absolute Gasteiger partial charge is 0.497 e. The van der Waals surface area contributed by atoms with Crippen LogP contribution < -0.4 is 4.74 Å². The molecule has 1 aliphatic heterocycles. The Kier molecular flexibility index (Phi) is 5.39. The van der Waals surface area contributed by atoms with E-state index < -0.39 is 11.6 Å². The van der Waals surface area contributed by atoms with E-state index in [0.29, 0.717) is 6.54 Å². The van der Waals surface area contributed by atoms with Gasteiger partial charge in [0.2, 0.25) is 0 Å². The Labute approximate surface area is 194 Å². The van der Waals surface area contributed by atoms with E-state index >= 15 is 0 Å². The van der Waals surface area contributed by atoms with E-state index in [4.69, 9.17) is 9.26 Å². The first-order valence-corrected chi connectivity index (χ1v) is 10.7. The normalized spacial score (nSPS) is 17.5. The third-order valence-corrected chi connectivity index (χ3v) is 6.28. The molecule has 2 aromatic heterocycles. The molecule has 0 saturated carbocycles. The molecule has 7 nitrogen and oxygen atoms in total. The van der Waals surface area contributed by atoms with Crippen molar-refractivity contribution < 1.29 is 22.8 Å². The maximum atomic E-state index is 14.2. The van der Waals surface area contributed by atoms with Gasteiger partial charge in [-0.05, 0) is 47.9 Å². The molecule has 174 valence electrons. The second kappa shape index (κ2) is 8.40. The van der Waals surface area contributed by atoms with Gasteiger partial charge in [0.05, 0.1) is 24.9 Å². The minimum absolute atomic E-state index is 0.0327. The third kappa shape index (κ3) is 3.72. The summed E-state index contributed by atoms with van der Waals surface area (Å²) >= 11 is 0. The molecule has 0 saturated heterocycles. The number of ether oxygens (including phenoxy) is 1. The van der Waals surface area contributed by atoms with Crippen LogP contribution in [-0.2, 0) is 7.05 Å². The van der Waals surface area contributed by atoms with Crippen LogP contribution in [-0.4, -0.2) is 39.4 Å². The van der Waals surface area contributed by atoms with Gasteiger partial charge in [0.15, 0.2) is 11.5 Å². The van der Waals surface area contributed by atoms with Crippen molar-refractivity contribution in [2.24, 2.45) is 7.05 Å². The summed E-state index contributed by atoms with van der Waals surface area (Å²) in [5, 5.41) is 8.19. The summed E-state index contributed by atoms with van der Waals surface area (Å²) in [4.78, 5) is 15.2. The van der Waals surface area contributed by atoms with Gasteiger partial charge in [-0.15, -0.1) is 0 Å². The van der Waals surface area contributed by atoms with Gasteiger partial charge in [-0.2, -0.15) is 5.10 Å². The van der Waals surface area contributed by atoms with Crippen LogP contribution in [0.15, 0.2) is 59.4 Å². The summed E-state index contributed by atoms with van der Waals surface area (Å²) < 4.78 is 39.9. The van der Waals surface area contributed by atoms with Crippen molar-refractivity contribution in [1.82, 2.24) is 19.8 Å². The molecule has 9 heteroatoms. The highest BCUT2D eigenvalue weighted by atomic mass is 19.1. The second-order valence-electron chi connectivity index (χ2n) is 8.33. The van der Waals surface area contributed by atoms with Crippen molar-refractivity contribution in [3.63, 3.8) is 0 Å². The average molecular weight is 464 g/mol. The van der Waals surface area contributed by atoms with Crippen LogP contribution >= 0.6 is 0 Å². The van der Waals surface area contributed by atoms with Gasteiger partial charge in [0.1, 0.15) is 17.4 Å². The van der Waals surface area contributed by atoms with Gasteiger partial charge >= 0.3 is 0 Å². The number of rotatable bonds is 4. The first-order chi connectivity index (χ1) is 16.4. The number of aryl methyl sites for hydroxylation is 1. The maximum Gasteiger partial charge on any atom is 0.276 e. The van der Waals surface area contributed by atoms with Crippen molar-refractivity contribution in [3.8, 4) is 17.1 Å². The summed E-state index contributed by atoms with van der Waals surface area (Å²) in [5.74, 6) is -1.17. The zero-order chi connectivity index (χ0) is 24.0. The zero-order valence-corrected chi connectivity index (χ0v) is 18.8. The quantitative estimate of drug-likeness (QED) is 0.437. The lowest BCUT2D eigenvalue weighted by molar-refractivity contribution is 0.0654. The Hall–Kier alpha value is -4.01. The van der Waals surface area contributed by atoms with Crippen molar-refractivity contribution in [1.29, 1.82) is 0 Å². The highest BCUT2D eigenvalue weighted by Gasteiger charge is 2.36. The molecule has 0 N–H and O–H groups in total. The Morgan fingerprint density at radius 1 is 1.15 bits per heavy atom. The summed E-state index contributed by atoms with van der Waals surface area (Å²) in [5.41, 5.74) is 3.11. The van der Waals surface area contributed by atoms with Gasteiger partial charge < -0.3 is 14.2 Å². The van der Waals surface area contributed by atoms with Crippen LogP contribution in [0, 0.1) is 11.6 Å². The fourth-order valence-electron chi connectivity index (χ4n) is 4.49. The number of hydrogen-bond donors (Lipinski definition) is 0. The highest BCUT2D eigenvalue weighted by molar-refractivity contribution is 5.93. The minimum atomic E-state index is -0.791. The number of hydrogen-bond acceptors (Lipinski definition) is 5. The van der Waals surface area contributed by atoms with E-state index in [1.165, 1.54) is 12.1 Å².